The molecule has 1 aromatic rings. The third-order valence-corrected chi connectivity index (χ3v) is 4.40. The molecule has 21 heavy (non-hydrogen) atoms. The van der Waals surface area contributed by atoms with E-state index in [4.69, 9.17) is 5.73 Å². The van der Waals surface area contributed by atoms with Crippen LogP contribution in [0.4, 0.5) is 5.69 Å². The summed E-state index contributed by atoms with van der Waals surface area (Å²) in [6.07, 6.45) is 2.25. The van der Waals surface area contributed by atoms with E-state index in [2.05, 4.69) is 11.8 Å². The summed E-state index contributed by atoms with van der Waals surface area (Å²) in [5.74, 6) is 0.873. The lowest BCUT2D eigenvalue weighted by atomic mass is 9.92. The molecule has 1 heterocycles. The quantitative estimate of drug-likeness (QED) is 0.903. The van der Waals surface area contributed by atoms with Crippen LogP contribution in [-0.2, 0) is 4.79 Å². The van der Waals surface area contributed by atoms with E-state index in [-0.39, 0.29) is 5.91 Å². The number of anilines is 1. The van der Waals surface area contributed by atoms with Gasteiger partial charge in [-0.2, -0.15) is 0 Å². The van der Waals surface area contributed by atoms with Gasteiger partial charge >= 0.3 is 0 Å². The molecule has 116 valence electrons. The van der Waals surface area contributed by atoms with Gasteiger partial charge in [0.2, 0.25) is 5.91 Å². The molecule has 1 saturated heterocycles. The molecule has 0 saturated carbocycles. The summed E-state index contributed by atoms with van der Waals surface area (Å²) in [4.78, 5) is 16.7. The highest BCUT2D eigenvalue weighted by Gasteiger charge is 2.28. The molecule has 0 bridgehead atoms. The number of likely N-dealkylation sites (N-methyl/N-ethyl adjacent to an activating group) is 1. The molecule has 0 spiro atoms. The number of hydrogen-bond donors (Lipinski definition) is 1. The van der Waals surface area contributed by atoms with Gasteiger partial charge in [-0.3, -0.25) is 9.69 Å². The van der Waals surface area contributed by atoms with Gasteiger partial charge in [-0.15, -0.1) is 0 Å². The lowest BCUT2D eigenvalue weighted by molar-refractivity contribution is -0.120. The first-order valence-electron chi connectivity index (χ1n) is 7.95. The van der Waals surface area contributed by atoms with Crippen LogP contribution < -0.4 is 10.6 Å². The Morgan fingerprint density at radius 2 is 2.10 bits per heavy atom. The number of nitrogens with zero attached hydrogens (tertiary/aromatic N) is 2. The average molecular weight is 289 g/mol. The highest BCUT2D eigenvalue weighted by atomic mass is 16.2. The Morgan fingerprint density at radius 1 is 1.38 bits per heavy atom. The fourth-order valence-electron chi connectivity index (χ4n) is 3.12. The second kappa shape index (κ2) is 7.57. The number of benzene rings is 1. The molecule has 2 unspecified atom stereocenters. The first-order valence-corrected chi connectivity index (χ1v) is 7.95. The molecule has 1 amide bonds. The molecule has 1 aromatic carbocycles. The van der Waals surface area contributed by atoms with Crippen molar-refractivity contribution in [3.8, 4) is 0 Å². The van der Waals surface area contributed by atoms with Crippen LogP contribution in [0.2, 0.25) is 0 Å². The van der Waals surface area contributed by atoms with E-state index in [1.54, 1.807) is 0 Å². The Labute approximate surface area is 127 Å². The van der Waals surface area contributed by atoms with E-state index >= 15 is 0 Å². The fraction of sp³-hybridized carbons (Fsp3) is 0.588. The number of carbonyl (C=O) groups excluding carboxylic acids is 1. The van der Waals surface area contributed by atoms with Crippen molar-refractivity contribution in [2.24, 2.45) is 11.7 Å². The molecule has 4 heteroatoms. The maximum atomic E-state index is 12.6. The van der Waals surface area contributed by atoms with Gasteiger partial charge in [0.25, 0.3) is 0 Å². The topological polar surface area (TPSA) is 49.6 Å². The summed E-state index contributed by atoms with van der Waals surface area (Å²) in [6.45, 7) is 7.06. The normalized spacial score (nSPS) is 23.0. The summed E-state index contributed by atoms with van der Waals surface area (Å²) in [7, 11) is 0. The van der Waals surface area contributed by atoms with Crippen LogP contribution in [0.5, 0.6) is 0 Å². The van der Waals surface area contributed by atoms with Crippen LogP contribution in [0, 0.1) is 5.92 Å². The SMILES string of the molecule is CCN(C(=O)CN1CCC(C)CC1CN)c1ccccc1. The van der Waals surface area contributed by atoms with Gasteiger partial charge < -0.3 is 10.6 Å². The van der Waals surface area contributed by atoms with Crippen molar-refractivity contribution in [1.29, 1.82) is 0 Å². The second-order valence-electron chi connectivity index (χ2n) is 5.96. The highest BCUT2D eigenvalue weighted by molar-refractivity contribution is 5.94. The summed E-state index contributed by atoms with van der Waals surface area (Å²) < 4.78 is 0. The maximum Gasteiger partial charge on any atom is 0.241 e. The number of amides is 1. The fourth-order valence-corrected chi connectivity index (χ4v) is 3.12. The predicted octanol–water partition coefficient (Wildman–Crippen LogP) is 2.10. The largest absolute Gasteiger partial charge is 0.329 e. The molecule has 2 N–H and O–H groups in total. The Hall–Kier alpha value is -1.39. The second-order valence-corrected chi connectivity index (χ2v) is 5.96. The van der Waals surface area contributed by atoms with Crippen molar-refractivity contribution in [2.45, 2.75) is 32.7 Å². The lowest BCUT2D eigenvalue weighted by Crippen LogP contribution is -2.50. The molecule has 0 radical (unpaired) electrons. The van der Waals surface area contributed by atoms with Crippen molar-refractivity contribution >= 4 is 11.6 Å². The van der Waals surface area contributed by atoms with Gasteiger partial charge in [-0.25, -0.2) is 0 Å². The number of para-hydroxylation sites is 1. The summed E-state index contributed by atoms with van der Waals surface area (Å²) in [5.41, 5.74) is 6.86. The molecule has 0 aromatic heterocycles. The molecule has 4 nitrogen and oxygen atoms in total. The Balaban J connectivity index is 2.02. The van der Waals surface area contributed by atoms with Gasteiger partial charge in [0, 0.05) is 24.8 Å². The summed E-state index contributed by atoms with van der Waals surface area (Å²) in [6, 6.07) is 10.2. The summed E-state index contributed by atoms with van der Waals surface area (Å²) >= 11 is 0. The first kappa shape index (κ1) is 16.0. The Kier molecular flexibility index (Phi) is 5.76. The minimum Gasteiger partial charge on any atom is -0.329 e. The van der Waals surface area contributed by atoms with Crippen LogP contribution >= 0.6 is 0 Å². The third kappa shape index (κ3) is 4.05. The maximum absolute atomic E-state index is 12.6. The van der Waals surface area contributed by atoms with Crippen LogP contribution in [0.3, 0.4) is 0 Å². The zero-order chi connectivity index (χ0) is 15.2. The molecular formula is C17H27N3O. The first-order chi connectivity index (χ1) is 10.2. The molecule has 2 rings (SSSR count). The average Bonchev–Trinajstić information content (AvgIpc) is 2.51. The van der Waals surface area contributed by atoms with Crippen molar-refractivity contribution in [2.75, 3.05) is 31.1 Å². The van der Waals surface area contributed by atoms with Crippen molar-refractivity contribution in [3.63, 3.8) is 0 Å². The molecule has 1 fully saturated rings. The summed E-state index contributed by atoms with van der Waals surface area (Å²) in [5, 5.41) is 0. The van der Waals surface area contributed by atoms with Crippen molar-refractivity contribution in [1.82, 2.24) is 4.90 Å². The number of likely N-dealkylation sites (tertiary alicyclic amines) is 1. The van der Waals surface area contributed by atoms with E-state index in [0.29, 0.717) is 31.6 Å². The van der Waals surface area contributed by atoms with E-state index in [0.717, 1.165) is 25.1 Å². The lowest BCUT2D eigenvalue weighted by Gasteiger charge is -2.38. The number of rotatable bonds is 5. The zero-order valence-electron chi connectivity index (χ0n) is 13.2. The van der Waals surface area contributed by atoms with Gasteiger partial charge in [0.15, 0.2) is 0 Å². The van der Waals surface area contributed by atoms with E-state index < -0.39 is 0 Å². The minimum atomic E-state index is 0.164. The molecule has 1 aliphatic heterocycles. The molecule has 0 aliphatic carbocycles. The van der Waals surface area contributed by atoms with E-state index in [1.807, 2.05) is 42.2 Å². The van der Waals surface area contributed by atoms with E-state index in [9.17, 15) is 4.79 Å². The van der Waals surface area contributed by atoms with Crippen molar-refractivity contribution < 1.29 is 4.79 Å². The third-order valence-electron chi connectivity index (χ3n) is 4.40. The number of nitrogens with two attached hydrogens (primary N) is 1. The highest BCUT2D eigenvalue weighted by Crippen LogP contribution is 2.22. The smallest absolute Gasteiger partial charge is 0.241 e. The number of piperidine rings is 1. The van der Waals surface area contributed by atoms with Gasteiger partial charge in [-0.05, 0) is 44.4 Å². The Morgan fingerprint density at radius 3 is 2.71 bits per heavy atom. The number of carbonyl (C=O) groups is 1. The van der Waals surface area contributed by atoms with Crippen LogP contribution in [0.15, 0.2) is 30.3 Å². The standard InChI is InChI=1S/C17H27N3O/c1-3-20(15-7-5-4-6-8-15)17(21)13-19-10-9-14(2)11-16(19)12-18/h4-8,14,16H,3,9-13,18H2,1-2H3. The van der Waals surface area contributed by atoms with Gasteiger partial charge in [0.05, 0.1) is 6.54 Å². The van der Waals surface area contributed by atoms with Crippen LogP contribution in [0.1, 0.15) is 26.7 Å². The predicted molar refractivity (Wildman–Crippen MR) is 87.3 cm³/mol. The van der Waals surface area contributed by atoms with Gasteiger partial charge in [-0.1, -0.05) is 25.1 Å². The van der Waals surface area contributed by atoms with Crippen LogP contribution in [-0.4, -0.2) is 43.0 Å². The van der Waals surface area contributed by atoms with Gasteiger partial charge in [0.1, 0.15) is 0 Å². The molecule has 1 aliphatic rings. The van der Waals surface area contributed by atoms with E-state index in [1.165, 1.54) is 0 Å². The molecular weight excluding hydrogens is 262 g/mol. The van der Waals surface area contributed by atoms with Crippen LogP contribution in [0.25, 0.3) is 0 Å². The Bertz CT molecular complexity index is 449. The zero-order valence-corrected chi connectivity index (χ0v) is 13.2. The van der Waals surface area contributed by atoms with Crippen molar-refractivity contribution in [3.05, 3.63) is 30.3 Å². The monoisotopic (exact) mass is 289 g/mol. The number of hydrogen-bond acceptors (Lipinski definition) is 3. The molecule has 2 atom stereocenters. The minimum absolute atomic E-state index is 0.164.